The molecule has 0 radical (unpaired) electrons. The lowest BCUT2D eigenvalue weighted by Crippen LogP contribution is -2.45. The van der Waals surface area contributed by atoms with Crippen LogP contribution < -0.4 is 0 Å². The van der Waals surface area contributed by atoms with Crippen LogP contribution in [-0.2, 0) is 14.3 Å². The Morgan fingerprint density at radius 2 is 1.74 bits per heavy atom. The van der Waals surface area contributed by atoms with Crippen molar-refractivity contribution >= 4 is 17.7 Å². The topological polar surface area (TPSA) is 83.9 Å². The number of aliphatic carboxylic acids is 1. The van der Waals surface area contributed by atoms with Crippen molar-refractivity contribution in [2.75, 3.05) is 13.1 Å². The molecule has 2 saturated heterocycles. The molecular formula is C21H27NO5. The van der Waals surface area contributed by atoms with E-state index in [4.69, 9.17) is 9.84 Å². The number of hydrogen-bond donors (Lipinski definition) is 1. The number of aryl methyl sites for hydroxylation is 1. The van der Waals surface area contributed by atoms with E-state index in [-0.39, 0.29) is 30.1 Å². The summed E-state index contributed by atoms with van der Waals surface area (Å²) < 4.78 is 5.76. The summed E-state index contributed by atoms with van der Waals surface area (Å²) in [6.45, 7) is 3.14. The van der Waals surface area contributed by atoms with Crippen molar-refractivity contribution in [3.8, 4) is 0 Å². The first-order chi connectivity index (χ1) is 12.9. The highest BCUT2D eigenvalue weighted by atomic mass is 16.5. The van der Waals surface area contributed by atoms with Crippen molar-refractivity contribution in [1.82, 2.24) is 4.90 Å². The average molecular weight is 373 g/mol. The molecule has 27 heavy (non-hydrogen) atoms. The molecule has 0 unspecified atom stereocenters. The Kier molecular flexibility index (Phi) is 6.26. The van der Waals surface area contributed by atoms with Gasteiger partial charge >= 0.3 is 5.97 Å². The van der Waals surface area contributed by atoms with Crippen molar-refractivity contribution in [1.29, 1.82) is 0 Å². The monoisotopic (exact) mass is 373 g/mol. The molecule has 2 atom stereocenters. The average Bonchev–Trinajstić information content (AvgIpc) is 3.15. The van der Waals surface area contributed by atoms with Gasteiger partial charge in [0.25, 0.3) is 5.91 Å². The van der Waals surface area contributed by atoms with Gasteiger partial charge in [0.2, 0.25) is 0 Å². The molecule has 3 rings (SSSR count). The summed E-state index contributed by atoms with van der Waals surface area (Å²) in [5, 5.41) is 8.76. The van der Waals surface area contributed by atoms with Gasteiger partial charge in [0.15, 0.2) is 5.78 Å². The minimum absolute atomic E-state index is 0.0194. The van der Waals surface area contributed by atoms with Crippen LogP contribution in [0.15, 0.2) is 24.3 Å². The van der Waals surface area contributed by atoms with E-state index in [1.54, 1.807) is 4.90 Å². The van der Waals surface area contributed by atoms with E-state index in [2.05, 4.69) is 0 Å². The number of amides is 1. The van der Waals surface area contributed by atoms with Crippen LogP contribution in [0.3, 0.4) is 0 Å². The van der Waals surface area contributed by atoms with Crippen molar-refractivity contribution < 1.29 is 24.2 Å². The number of ketones is 1. The number of piperidine rings is 1. The zero-order valence-corrected chi connectivity index (χ0v) is 15.7. The van der Waals surface area contributed by atoms with Gasteiger partial charge in [-0.05, 0) is 39.0 Å². The zero-order valence-electron chi connectivity index (χ0n) is 15.7. The van der Waals surface area contributed by atoms with Crippen molar-refractivity contribution in [2.45, 2.75) is 57.7 Å². The smallest absolute Gasteiger partial charge is 0.303 e. The van der Waals surface area contributed by atoms with Gasteiger partial charge in [-0.1, -0.05) is 29.8 Å². The maximum Gasteiger partial charge on any atom is 0.303 e. The first-order valence-electron chi connectivity index (χ1n) is 9.71. The second-order valence-electron chi connectivity index (χ2n) is 7.59. The third-order valence-electron chi connectivity index (χ3n) is 5.58. The summed E-state index contributed by atoms with van der Waals surface area (Å²) in [6, 6.07) is 7.64. The van der Waals surface area contributed by atoms with E-state index < -0.39 is 12.1 Å². The fourth-order valence-electron chi connectivity index (χ4n) is 3.90. The first-order valence-corrected chi connectivity index (χ1v) is 9.71. The van der Waals surface area contributed by atoms with Gasteiger partial charge in [0.05, 0.1) is 6.10 Å². The lowest BCUT2D eigenvalue weighted by molar-refractivity contribution is -0.144. The fourth-order valence-corrected chi connectivity index (χ4v) is 3.90. The number of hydrogen-bond acceptors (Lipinski definition) is 4. The molecule has 0 bridgehead atoms. The molecule has 1 N–H and O–H groups in total. The quantitative estimate of drug-likeness (QED) is 0.775. The van der Waals surface area contributed by atoms with E-state index in [1.807, 2.05) is 31.2 Å². The predicted molar refractivity (Wildman–Crippen MR) is 99.6 cm³/mol. The number of benzene rings is 1. The highest BCUT2D eigenvalue weighted by molar-refractivity contribution is 5.98. The summed E-state index contributed by atoms with van der Waals surface area (Å²) in [5.41, 5.74) is 1.87. The van der Waals surface area contributed by atoms with E-state index in [9.17, 15) is 14.4 Å². The van der Waals surface area contributed by atoms with Gasteiger partial charge in [-0.3, -0.25) is 14.4 Å². The molecular weight excluding hydrogens is 346 g/mol. The van der Waals surface area contributed by atoms with Gasteiger partial charge in [-0.2, -0.15) is 0 Å². The van der Waals surface area contributed by atoms with Crippen molar-refractivity contribution in [3.05, 3.63) is 35.4 Å². The zero-order chi connectivity index (χ0) is 19.4. The normalized spacial score (nSPS) is 23.4. The Balaban J connectivity index is 1.47. The highest BCUT2D eigenvalue weighted by Crippen LogP contribution is 2.27. The van der Waals surface area contributed by atoms with Crippen LogP contribution in [0, 0.1) is 12.8 Å². The largest absolute Gasteiger partial charge is 0.481 e. The van der Waals surface area contributed by atoms with Crippen LogP contribution in [0.2, 0.25) is 0 Å². The SMILES string of the molecule is Cc1ccc(C(=O)C2CCN(C(=O)[C@@H]3CC[C@H](CCC(=O)O)O3)CC2)cc1. The Morgan fingerprint density at radius 3 is 2.37 bits per heavy atom. The van der Waals surface area contributed by atoms with Gasteiger partial charge in [0, 0.05) is 31.0 Å². The Labute approximate surface area is 159 Å². The van der Waals surface area contributed by atoms with Crippen LogP contribution in [0.1, 0.15) is 54.4 Å². The number of carbonyl (C=O) groups excluding carboxylic acids is 2. The number of Topliss-reactive ketones (excluding diaryl/α,β-unsaturated/α-hetero) is 1. The molecule has 0 spiro atoms. The van der Waals surface area contributed by atoms with Crippen LogP contribution in [0.4, 0.5) is 0 Å². The maximum atomic E-state index is 12.7. The molecule has 2 aliphatic rings. The number of ether oxygens (including phenoxy) is 1. The molecule has 0 aromatic heterocycles. The summed E-state index contributed by atoms with van der Waals surface area (Å²) in [6.07, 6.45) is 2.63. The Bertz CT molecular complexity index is 691. The molecule has 6 heteroatoms. The molecule has 146 valence electrons. The van der Waals surface area contributed by atoms with Crippen LogP contribution >= 0.6 is 0 Å². The fraction of sp³-hybridized carbons (Fsp3) is 0.571. The number of rotatable bonds is 6. The molecule has 1 aromatic carbocycles. The summed E-state index contributed by atoms with van der Waals surface area (Å²) >= 11 is 0. The highest BCUT2D eigenvalue weighted by Gasteiger charge is 2.36. The van der Waals surface area contributed by atoms with E-state index >= 15 is 0 Å². The van der Waals surface area contributed by atoms with Gasteiger partial charge in [-0.25, -0.2) is 0 Å². The molecule has 1 aromatic rings. The number of likely N-dealkylation sites (tertiary alicyclic amines) is 1. The van der Waals surface area contributed by atoms with Crippen LogP contribution in [0.5, 0.6) is 0 Å². The van der Waals surface area contributed by atoms with Gasteiger partial charge in [-0.15, -0.1) is 0 Å². The summed E-state index contributed by atoms with van der Waals surface area (Å²) in [7, 11) is 0. The number of carboxylic acids is 1. The second kappa shape index (κ2) is 8.65. The molecule has 2 fully saturated rings. The summed E-state index contributed by atoms with van der Waals surface area (Å²) in [4.78, 5) is 37.8. The van der Waals surface area contributed by atoms with E-state index in [0.29, 0.717) is 38.8 Å². The Hall–Kier alpha value is -2.21. The third-order valence-corrected chi connectivity index (χ3v) is 5.58. The van der Waals surface area contributed by atoms with Crippen LogP contribution in [0.25, 0.3) is 0 Å². The summed E-state index contributed by atoms with van der Waals surface area (Å²) in [5.74, 6) is -0.736. The van der Waals surface area contributed by atoms with Gasteiger partial charge in [0.1, 0.15) is 6.10 Å². The molecule has 0 aliphatic carbocycles. The minimum Gasteiger partial charge on any atom is -0.481 e. The Morgan fingerprint density at radius 1 is 1.07 bits per heavy atom. The molecule has 6 nitrogen and oxygen atoms in total. The van der Waals surface area contributed by atoms with Crippen molar-refractivity contribution in [2.24, 2.45) is 5.92 Å². The number of carboxylic acid groups (broad SMARTS) is 1. The van der Waals surface area contributed by atoms with Crippen molar-refractivity contribution in [3.63, 3.8) is 0 Å². The van der Waals surface area contributed by atoms with E-state index in [1.165, 1.54) is 0 Å². The molecule has 2 heterocycles. The van der Waals surface area contributed by atoms with E-state index in [0.717, 1.165) is 17.5 Å². The minimum atomic E-state index is -0.839. The lowest BCUT2D eigenvalue weighted by atomic mass is 9.88. The second-order valence-corrected chi connectivity index (χ2v) is 7.59. The standard InChI is InChI=1S/C21H27NO5/c1-14-2-4-15(5-3-14)20(25)16-10-12-22(13-11-16)21(26)18-8-6-17(27-18)7-9-19(23)24/h2-5,16-18H,6-13H2,1H3,(H,23,24)/t17-,18+/m1/s1. The molecule has 0 saturated carbocycles. The van der Waals surface area contributed by atoms with Gasteiger partial charge < -0.3 is 14.7 Å². The first kappa shape index (κ1) is 19.5. The number of nitrogens with zero attached hydrogens (tertiary/aromatic N) is 1. The molecule has 2 aliphatic heterocycles. The number of carbonyl (C=O) groups is 3. The lowest BCUT2D eigenvalue weighted by Gasteiger charge is -2.33. The van der Waals surface area contributed by atoms with Crippen LogP contribution in [-0.4, -0.2) is 53.0 Å². The third kappa shape index (κ3) is 4.95. The maximum absolute atomic E-state index is 12.7. The molecule has 1 amide bonds. The predicted octanol–water partition coefficient (Wildman–Crippen LogP) is 2.83.